The normalized spacial score (nSPS) is 24.3. The van der Waals surface area contributed by atoms with Gasteiger partial charge in [-0.2, -0.15) is 4.98 Å². The van der Waals surface area contributed by atoms with Crippen molar-refractivity contribution < 1.29 is 4.52 Å². The predicted octanol–water partition coefficient (Wildman–Crippen LogP) is 1.75. The van der Waals surface area contributed by atoms with Crippen LogP contribution in [0.5, 0.6) is 0 Å². The van der Waals surface area contributed by atoms with E-state index >= 15 is 0 Å². The molecule has 2 N–H and O–H groups in total. The first kappa shape index (κ1) is 13.5. The fraction of sp³-hybridized carbons (Fsp3) is 0.846. The average Bonchev–Trinajstić information content (AvgIpc) is 2.96. The topological polar surface area (TPSA) is 68.2 Å². The van der Waals surface area contributed by atoms with Gasteiger partial charge in [0.05, 0.1) is 6.54 Å². The summed E-state index contributed by atoms with van der Waals surface area (Å²) in [5.41, 5.74) is 5.82. The van der Waals surface area contributed by atoms with Gasteiger partial charge < -0.3 is 10.3 Å². The van der Waals surface area contributed by atoms with Crippen molar-refractivity contribution in [2.75, 3.05) is 13.6 Å². The predicted molar refractivity (Wildman–Crippen MR) is 70.0 cm³/mol. The summed E-state index contributed by atoms with van der Waals surface area (Å²) in [5, 5.41) is 4.04. The molecule has 5 heteroatoms. The zero-order valence-electron chi connectivity index (χ0n) is 11.6. The number of nitrogens with two attached hydrogens (primary N) is 1. The highest BCUT2D eigenvalue weighted by Gasteiger charge is 2.29. The second-order valence-electron chi connectivity index (χ2n) is 5.61. The molecule has 0 amide bonds. The second-order valence-corrected chi connectivity index (χ2v) is 5.61. The van der Waals surface area contributed by atoms with E-state index in [2.05, 4.69) is 35.9 Å². The molecule has 1 aromatic heterocycles. The van der Waals surface area contributed by atoms with Gasteiger partial charge in [0.15, 0.2) is 5.82 Å². The number of hydrogen-bond donors (Lipinski definition) is 1. The highest BCUT2D eigenvalue weighted by atomic mass is 16.5. The Kier molecular flexibility index (Phi) is 4.35. The second kappa shape index (κ2) is 5.80. The Balaban J connectivity index is 1.95. The Labute approximate surface area is 109 Å². The summed E-state index contributed by atoms with van der Waals surface area (Å²) in [6, 6.07) is 0.566. The van der Waals surface area contributed by atoms with Crippen LogP contribution in [0.2, 0.25) is 0 Å². The standard InChI is InChI=1S/C13H24N4O/c1-9(2)13-15-12(16-18-13)8-17(3)11-6-4-5-10(11)7-14/h9-11H,4-8,14H2,1-3H3. The van der Waals surface area contributed by atoms with Gasteiger partial charge in [-0.05, 0) is 32.4 Å². The van der Waals surface area contributed by atoms with Gasteiger partial charge in [-0.15, -0.1) is 0 Å². The van der Waals surface area contributed by atoms with Crippen molar-refractivity contribution >= 4 is 0 Å². The largest absolute Gasteiger partial charge is 0.339 e. The number of nitrogens with zero attached hydrogens (tertiary/aromatic N) is 3. The van der Waals surface area contributed by atoms with Crippen molar-refractivity contribution in [1.82, 2.24) is 15.0 Å². The van der Waals surface area contributed by atoms with Crippen molar-refractivity contribution in [3.8, 4) is 0 Å². The molecule has 102 valence electrons. The molecule has 0 saturated heterocycles. The third kappa shape index (κ3) is 2.90. The van der Waals surface area contributed by atoms with Crippen LogP contribution in [0.3, 0.4) is 0 Å². The lowest BCUT2D eigenvalue weighted by Crippen LogP contribution is -2.37. The molecule has 5 nitrogen and oxygen atoms in total. The lowest BCUT2D eigenvalue weighted by Gasteiger charge is -2.27. The van der Waals surface area contributed by atoms with Gasteiger partial charge in [-0.25, -0.2) is 0 Å². The van der Waals surface area contributed by atoms with E-state index in [9.17, 15) is 0 Å². The van der Waals surface area contributed by atoms with Crippen LogP contribution in [0.15, 0.2) is 4.52 Å². The van der Waals surface area contributed by atoms with Crippen molar-refractivity contribution in [2.24, 2.45) is 11.7 Å². The molecule has 1 saturated carbocycles. The van der Waals surface area contributed by atoms with Crippen molar-refractivity contribution in [2.45, 2.75) is 51.6 Å². The van der Waals surface area contributed by atoms with Gasteiger partial charge in [0.2, 0.25) is 5.89 Å². The third-order valence-corrected chi connectivity index (χ3v) is 3.86. The lowest BCUT2D eigenvalue weighted by atomic mass is 10.0. The van der Waals surface area contributed by atoms with E-state index in [1.54, 1.807) is 0 Å². The molecular formula is C13H24N4O. The summed E-state index contributed by atoms with van der Waals surface area (Å²) in [4.78, 5) is 6.74. The minimum absolute atomic E-state index is 0.292. The van der Waals surface area contributed by atoms with Crippen molar-refractivity contribution in [3.63, 3.8) is 0 Å². The summed E-state index contributed by atoms with van der Waals surface area (Å²) in [7, 11) is 2.13. The van der Waals surface area contributed by atoms with Crippen LogP contribution in [0.25, 0.3) is 0 Å². The van der Waals surface area contributed by atoms with Crippen molar-refractivity contribution in [3.05, 3.63) is 11.7 Å². The zero-order valence-corrected chi connectivity index (χ0v) is 11.6. The molecule has 0 aromatic carbocycles. The average molecular weight is 252 g/mol. The quantitative estimate of drug-likeness (QED) is 0.864. The fourth-order valence-electron chi connectivity index (χ4n) is 2.78. The number of hydrogen-bond acceptors (Lipinski definition) is 5. The Morgan fingerprint density at radius 1 is 1.44 bits per heavy atom. The van der Waals surface area contributed by atoms with Gasteiger partial charge in [-0.3, -0.25) is 4.90 Å². The van der Waals surface area contributed by atoms with E-state index in [0.717, 1.165) is 24.8 Å². The van der Waals surface area contributed by atoms with E-state index in [4.69, 9.17) is 10.3 Å². The van der Waals surface area contributed by atoms with Crippen LogP contribution < -0.4 is 5.73 Å². The molecule has 1 fully saturated rings. The number of aromatic nitrogens is 2. The lowest BCUT2D eigenvalue weighted by molar-refractivity contribution is 0.186. The Morgan fingerprint density at radius 2 is 2.22 bits per heavy atom. The van der Waals surface area contributed by atoms with Gasteiger partial charge in [0.25, 0.3) is 0 Å². The minimum Gasteiger partial charge on any atom is -0.339 e. The van der Waals surface area contributed by atoms with Gasteiger partial charge in [0.1, 0.15) is 0 Å². The zero-order chi connectivity index (χ0) is 13.1. The van der Waals surface area contributed by atoms with Crippen LogP contribution in [0.4, 0.5) is 0 Å². The highest BCUT2D eigenvalue weighted by molar-refractivity contribution is 4.92. The Bertz CT molecular complexity index is 377. The first-order valence-corrected chi connectivity index (χ1v) is 6.84. The SMILES string of the molecule is CC(C)c1nc(CN(C)C2CCCC2CN)no1. The van der Waals surface area contributed by atoms with Gasteiger partial charge >= 0.3 is 0 Å². The van der Waals surface area contributed by atoms with Crippen LogP contribution in [-0.2, 0) is 6.54 Å². The first-order valence-electron chi connectivity index (χ1n) is 6.84. The molecular weight excluding hydrogens is 228 g/mol. The van der Waals surface area contributed by atoms with Gasteiger partial charge in [0, 0.05) is 12.0 Å². The van der Waals surface area contributed by atoms with Crippen LogP contribution in [-0.4, -0.2) is 34.7 Å². The maximum atomic E-state index is 5.82. The molecule has 1 aromatic rings. The molecule has 0 bridgehead atoms. The smallest absolute Gasteiger partial charge is 0.229 e. The summed E-state index contributed by atoms with van der Waals surface area (Å²) >= 11 is 0. The van der Waals surface area contributed by atoms with Crippen LogP contribution >= 0.6 is 0 Å². The van der Waals surface area contributed by atoms with E-state index in [1.807, 2.05) is 0 Å². The molecule has 0 aliphatic heterocycles. The summed E-state index contributed by atoms with van der Waals surface area (Å²) in [6.45, 7) is 5.64. The molecule has 0 spiro atoms. The Hall–Kier alpha value is -0.940. The Morgan fingerprint density at radius 3 is 2.83 bits per heavy atom. The summed E-state index contributed by atoms with van der Waals surface area (Å²) in [6.07, 6.45) is 3.75. The minimum atomic E-state index is 0.292. The maximum absolute atomic E-state index is 5.82. The third-order valence-electron chi connectivity index (χ3n) is 3.86. The molecule has 2 unspecified atom stereocenters. The van der Waals surface area contributed by atoms with Crippen molar-refractivity contribution in [1.29, 1.82) is 0 Å². The molecule has 1 aliphatic carbocycles. The molecule has 1 aliphatic rings. The molecule has 0 radical (unpaired) electrons. The fourth-order valence-corrected chi connectivity index (χ4v) is 2.78. The maximum Gasteiger partial charge on any atom is 0.229 e. The first-order chi connectivity index (χ1) is 8.61. The molecule has 1 heterocycles. The number of rotatable bonds is 5. The monoisotopic (exact) mass is 252 g/mol. The van der Waals surface area contributed by atoms with Gasteiger partial charge in [-0.1, -0.05) is 25.4 Å². The van der Waals surface area contributed by atoms with Crippen LogP contribution in [0, 0.1) is 5.92 Å². The summed E-state index contributed by atoms with van der Waals surface area (Å²) < 4.78 is 5.23. The van der Waals surface area contributed by atoms with E-state index in [0.29, 0.717) is 17.9 Å². The summed E-state index contributed by atoms with van der Waals surface area (Å²) in [5.74, 6) is 2.41. The molecule has 18 heavy (non-hydrogen) atoms. The van der Waals surface area contributed by atoms with E-state index in [-0.39, 0.29) is 0 Å². The van der Waals surface area contributed by atoms with Crippen LogP contribution in [0.1, 0.15) is 50.7 Å². The molecule has 2 atom stereocenters. The molecule has 2 rings (SSSR count). The van der Waals surface area contributed by atoms with E-state index < -0.39 is 0 Å². The van der Waals surface area contributed by atoms with E-state index in [1.165, 1.54) is 19.3 Å². The highest BCUT2D eigenvalue weighted by Crippen LogP contribution is 2.29.